The Morgan fingerprint density at radius 1 is 1.12 bits per heavy atom. The number of ether oxygens (including phenoxy) is 1. The van der Waals surface area contributed by atoms with Crippen molar-refractivity contribution >= 4 is 37.5 Å². The van der Waals surface area contributed by atoms with Gasteiger partial charge in [0.05, 0.1) is 7.11 Å². The lowest BCUT2D eigenvalue weighted by Crippen LogP contribution is -2.36. The molecule has 0 aromatic heterocycles. The van der Waals surface area contributed by atoms with E-state index in [2.05, 4.69) is 20.7 Å². The average Bonchev–Trinajstić information content (AvgIpc) is 3.12. The van der Waals surface area contributed by atoms with Crippen LogP contribution in [-0.2, 0) is 23.0 Å². The largest absolute Gasteiger partial charge is 0.495 e. The summed E-state index contributed by atoms with van der Waals surface area (Å²) in [5, 5.41) is 0. The number of anilines is 1. The lowest BCUT2D eigenvalue weighted by Gasteiger charge is -2.23. The number of nitrogens with one attached hydrogen (secondary N) is 1. The van der Waals surface area contributed by atoms with Gasteiger partial charge in [0.15, 0.2) is 0 Å². The second-order valence-corrected chi connectivity index (χ2v) is 10.3. The summed E-state index contributed by atoms with van der Waals surface area (Å²) in [4.78, 5) is 15.1. The number of sulfonamides is 1. The molecule has 166 valence electrons. The zero-order valence-corrected chi connectivity index (χ0v) is 20.1. The Morgan fingerprint density at radius 2 is 1.88 bits per heavy atom. The predicted molar refractivity (Wildman–Crippen MR) is 128 cm³/mol. The fourth-order valence-corrected chi connectivity index (χ4v) is 5.54. The van der Waals surface area contributed by atoms with Crippen LogP contribution in [0.5, 0.6) is 5.75 Å². The molecule has 0 bridgehead atoms. The molecule has 1 atom stereocenters. The van der Waals surface area contributed by atoms with Gasteiger partial charge in [-0.15, -0.1) is 0 Å². The van der Waals surface area contributed by atoms with Gasteiger partial charge >= 0.3 is 0 Å². The number of fused-ring (bicyclic) bond motifs is 1. The Balaban J connectivity index is 1.65. The first-order chi connectivity index (χ1) is 15.3. The summed E-state index contributed by atoms with van der Waals surface area (Å²) in [5.41, 5.74) is 3.03. The fourth-order valence-electron chi connectivity index (χ4n) is 3.92. The number of halogens is 1. The molecule has 0 aliphatic carbocycles. The van der Waals surface area contributed by atoms with E-state index in [1.54, 1.807) is 11.0 Å². The van der Waals surface area contributed by atoms with Crippen LogP contribution in [0.1, 0.15) is 28.4 Å². The third-order valence-electron chi connectivity index (χ3n) is 5.49. The lowest BCUT2D eigenvalue weighted by molar-refractivity contribution is 0.0981. The van der Waals surface area contributed by atoms with Crippen LogP contribution in [0, 0.1) is 0 Å². The summed E-state index contributed by atoms with van der Waals surface area (Å²) in [6.07, 6.45) is 0.737. The molecule has 1 N–H and O–H groups in total. The molecule has 0 saturated carbocycles. The van der Waals surface area contributed by atoms with Crippen molar-refractivity contribution in [2.24, 2.45) is 0 Å². The molecule has 0 unspecified atom stereocenters. The number of hydrogen-bond acceptors (Lipinski definition) is 4. The molecule has 4 rings (SSSR count). The Hall–Kier alpha value is -2.68. The molecule has 1 aliphatic heterocycles. The van der Waals surface area contributed by atoms with E-state index in [9.17, 15) is 13.2 Å². The molecule has 3 aromatic carbocycles. The molecule has 8 heteroatoms. The van der Waals surface area contributed by atoms with E-state index in [1.807, 2.05) is 55.5 Å². The highest BCUT2D eigenvalue weighted by atomic mass is 79.9. The summed E-state index contributed by atoms with van der Waals surface area (Å²) >= 11 is 3.47. The minimum Gasteiger partial charge on any atom is -0.495 e. The minimum atomic E-state index is -3.91. The van der Waals surface area contributed by atoms with Crippen molar-refractivity contribution in [3.8, 4) is 5.75 Å². The van der Waals surface area contributed by atoms with Crippen molar-refractivity contribution in [2.75, 3.05) is 12.0 Å². The summed E-state index contributed by atoms with van der Waals surface area (Å²) < 4.78 is 35.0. The van der Waals surface area contributed by atoms with Gasteiger partial charge in [-0.1, -0.05) is 46.3 Å². The predicted octanol–water partition coefficient (Wildman–Crippen LogP) is 4.53. The minimum absolute atomic E-state index is 0.0369. The van der Waals surface area contributed by atoms with Crippen molar-refractivity contribution in [3.05, 3.63) is 87.9 Å². The summed E-state index contributed by atoms with van der Waals surface area (Å²) in [5.74, 6) is -0.0679. The molecule has 0 spiro atoms. The van der Waals surface area contributed by atoms with Crippen molar-refractivity contribution in [1.82, 2.24) is 4.72 Å². The highest BCUT2D eigenvalue weighted by Gasteiger charge is 2.32. The van der Waals surface area contributed by atoms with Crippen LogP contribution < -0.4 is 14.4 Å². The quantitative estimate of drug-likeness (QED) is 0.524. The number of nitrogens with zero attached hydrogens (tertiary/aromatic N) is 1. The standard InChI is InChI=1S/C24H23BrN2O4S/c1-16-12-19-13-20(25)9-10-21(19)27(16)24(28)18-8-11-22(31-2)23(14-18)32(29,30)26-15-17-6-4-3-5-7-17/h3-11,13-14,16,26H,12,15H2,1-2H3/t16-/m1/s1. The number of methoxy groups -OCH3 is 1. The van der Waals surface area contributed by atoms with Crippen molar-refractivity contribution < 1.29 is 17.9 Å². The molecule has 1 amide bonds. The lowest BCUT2D eigenvalue weighted by atomic mass is 10.1. The molecule has 0 fully saturated rings. The molecule has 6 nitrogen and oxygen atoms in total. The van der Waals surface area contributed by atoms with Gasteiger partial charge in [0, 0.05) is 28.3 Å². The van der Waals surface area contributed by atoms with Gasteiger partial charge in [0.25, 0.3) is 5.91 Å². The van der Waals surface area contributed by atoms with E-state index >= 15 is 0 Å². The van der Waals surface area contributed by atoms with Crippen LogP contribution in [0.3, 0.4) is 0 Å². The summed E-state index contributed by atoms with van der Waals surface area (Å²) in [6, 6.07) is 19.5. The number of benzene rings is 3. The molecular weight excluding hydrogens is 492 g/mol. The third kappa shape index (κ3) is 4.44. The maximum atomic E-state index is 13.4. The Kier molecular flexibility index (Phi) is 6.37. The average molecular weight is 515 g/mol. The van der Waals surface area contributed by atoms with E-state index in [0.717, 1.165) is 27.7 Å². The van der Waals surface area contributed by atoms with Crippen molar-refractivity contribution in [2.45, 2.75) is 30.8 Å². The van der Waals surface area contributed by atoms with E-state index in [4.69, 9.17) is 4.74 Å². The van der Waals surface area contributed by atoms with E-state index in [-0.39, 0.29) is 34.7 Å². The molecule has 3 aromatic rings. The number of carbonyl (C=O) groups excluding carboxylic acids is 1. The van der Waals surface area contributed by atoms with Crippen molar-refractivity contribution in [3.63, 3.8) is 0 Å². The maximum Gasteiger partial charge on any atom is 0.258 e. The zero-order chi connectivity index (χ0) is 22.9. The van der Waals surface area contributed by atoms with Crippen molar-refractivity contribution in [1.29, 1.82) is 0 Å². The fraction of sp³-hybridized carbons (Fsp3) is 0.208. The number of amides is 1. The monoisotopic (exact) mass is 514 g/mol. The second-order valence-electron chi connectivity index (χ2n) is 7.68. The molecule has 1 aliphatic rings. The number of rotatable bonds is 6. The van der Waals surface area contributed by atoms with E-state index in [0.29, 0.717) is 0 Å². The normalized spacial score (nSPS) is 15.5. The van der Waals surface area contributed by atoms with E-state index in [1.165, 1.54) is 19.2 Å². The Bertz CT molecular complexity index is 1260. The Labute approximate surface area is 196 Å². The molecular formula is C24H23BrN2O4S. The van der Waals surface area contributed by atoms with Crippen LogP contribution in [-0.4, -0.2) is 27.5 Å². The second kappa shape index (κ2) is 9.05. The molecule has 0 saturated heterocycles. The third-order valence-corrected chi connectivity index (χ3v) is 7.40. The molecule has 0 radical (unpaired) electrons. The highest BCUT2D eigenvalue weighted by Crippen LogP contribution is 2.36. The molecule has 32 heavy (non-hydrogen) atoms. The maximum absolute atomic E-state index is 13.4. The van der Waals surface area contributed by atoms with Gasteiger partial charge in [0.2, 0.25) is 10.0 Å². The molecule has 1 heterocycles. The topological polar surface area (TPSA) is 75.7 Å². The first-order valence-electron chi connectivity index (χ1n) is 10.1. The number of hydrogen-bond donors (Lipinski definition) is 1. The van der Waals surface area contributed by atoms with E-state index < -0.39 is 10.0 Å². The smallest absolute Gasteiger partial charge is 0.258 e. The van der Waals surface area contributed by atoms with Crippen LogP contribution in [0.25, 0.3) is 0 Å². The van der Waals surface area contributed by atoms with Gasteiger partial charge < -0.3 is 9.64 Å². The number of carbonyl (C=O) groups is 1. The van der Waals surface area contributed by atoms with Gasteiger partial charge in [-0.25, -0.2) is 13.1 Å². The van der Waals surface area contributed by atoms with Crippen LogP contribution in [0.4, 0.5) is 5.69 Å². The van der Waals surface area contributed by atoms with Gasteiger partial charge in [0.1, 0.15) is 10.6 Å². The Morgan fingerprint density at radius 3 is 2.59 bits per heavy atom. The first-order valence-corrected chi connectivity index (χ1v) is 12.4. The van der Waals surface area contributed by atoms with Gasteiger partial charge in [-0.05, 0) is 60.9 Å². The SMILES string of the molecule is COc1ccc(C(=O)N2c3ccc(Br)cc3C[C@H]2C)cc1S(=O)(=O)NCc1ccccc1. The van der Waals surface area contributed by atoms with Crippen LogP contribution in [0.15, 0.2) is 76.1 Å². The first kappa shape index (κ1) is 22.5. The zero-order valence-electron chi connectivity index (χ0n) is 17.7. The van der Waals surface area contributed by atoms with Gasteiger partial charge in [-0.3, -0.25) is 4.79 Å². The van der Waals surface area contributed by atoms with Gasteiger partial charge in [-0.2, -0.15) is 0 Å². The summed E-state index contributed by atoms with van der Waals surface area (Å²) in [6.45, 7) is 2.12. The highest BCUT2D eigenvalue weighted by molar-refractivity contribution is 9.10. The van der Waals surface area contributed by atoms with Crippen LogP contribution >= 0.6 is 15.9 Å². The van der Waals surface area contributed by atoms with Crippen LogP contribution in [0.2, 0.25) is 0 Å². The summed E-state index contributed by atoms with van der Waals surface area (Å²) in [7, 11) is -2.51.